The molecule has 86 valence electrons. The molecule has 16 heavy (non-hydrogen) atoms. The van der Waals surface area contributed by atoms with E-state index in [1.54, 1.807) is 0 Å². The number of carbonyl (C=O) groups is 2. The number of esters is 1. The molecule has 0 radical (unpaired) electrons. The number of carboxylic acid groups (broad SMARTS) is 1. The van der Waals surface area contributed by atoms with Gasteiger partial charge in [0, 0.05) is 0 Å². The molecule has 5 heteroatoms. The van der Waals surface area contributed by atoms with Crippen LogP contribution >= 0.6 is 0 Å². The number of amides is 1. The molecule has 0 spiro atoms. The lowest BCUT2D eigenvalue weighted by Crippen LogP contribution is -2.28. The van der Waals surface area contributed by atoms with Gasteiger partial charge in [-0.05, 0) is 12.5 Å². The molecule has 0 bridgehead atoms. The predicted octanol–water partition coefficient (Wildman–Crippen LogP) is 1.31. The maximum absolute atomic E-state index is 11.0. The molecule has 0 aliphatic heterocycles. The van der Waals surface area contributed by atoms with Gasteiger partial charge in [0.05, 0.1) is 0 Å². The van der Waals surface area contributed by atoms with Crippen LogP contribution in [0.15, 0.2) is 24.3 Å². The zero-order chi connectivity index (χ0) is 12.0. The number of benzene rings is 1. The molecule has 0 aromatic heterocycles. The number of hydrogen-bond acceptors (Lipinski definition) is 3. The second-order valence-electron chi connectivity index (χ2n) is 3.30. The number of carbonyl (C=O) groups excluding carboxylic acids is 1. The number of rotatable bonds is 4. The summed E-state index contributed by atoms with van der Waals surface area (Å²) < 4.78 is 4.85. The summed E-state index contributed by atoms with van der Waals surface area (Å²) in [7, 11) is 0. The Kier molecular flexibility index (Phi) is 4.32. The van der Waals surface area contributed by atoms with E-state index in [-0.39, 0.29) is 13.2 Å². The van der Waals surface area contributed by atoms with E-state index in [1.807, 2.05) is 36.5 Å². The average Bonchev–Trinajstić information content (AvgIpc) is 2.25. The molecule has 0 saturated carbocycles. The largest absolute Gasteiger partial charge is 0.465 e. The minimum atomic E-state index is -1.24. The van der Waals surface area contributed by atoms with Crippen molar-refractivity contribution in [2.75, 3.05) is 6.54 Å². The Morgan fingerprint density at radius 1 is 1.31 bits per heavy atom. The highest BCUT2D eigenvalue weighted by molar-refractivity contribution is 5.76. The van der Waals surface area contributed by atoms with Gasteiger partial charge in [-0.15, -0.1) is 0 Å². The molecule has 0 atom stereocenters. The van der Waals surface area contributed by atoms with E-state index in [1.165, 1.54) is 0 Å². The van der Waals surface area contributed by atoms with Crippen molar-refractivity contribution in [1.82, 2.24) is 5.32 Å². The number of ether oxygens (including phenoxy) is 1. The molecule has 0 heterocycles. The monoisotopic (exact) mass is 223 g/mol. The minimum absolute atomic E-state index is 0.153. The fourth-order valence-electron chi connectivity index (χ4n) is 1.05. The van der Waals surface area contributed by atoms with Crippen molar-refractivity contribution in [2.45, 2.75) is 13.5 Å². The second-order valence-corrected chi connectivity index (χ2v) is 3.30. The van der Waals surface area contributed by atoms with Crippen LogP contribution in [0.4, 0.5) is 4.79 Å². The summed E-state index contributed by atoms with van der Waals surface area (Å²) >= 11 is 0. The smallest absolute Gasteiger partial charge is 0.405 e. The van der Waals surface area contributed by atoms with Crippen LogP contribution in [0, 0.1) is 6.92 Å². The summed E-state index contributed by atoms with van der Waals surface area (Å²) in [6.45, 7) is 1.79. The topological polar surface area (TPSA) is 75.6 Å². The van der Waals surface area contributed by atoms with Crippen molar-refractivity contribution >= 4 is 12.1 Å². The van der Waals surface area contributed by atoms with Gasteiger partial charge in [0.15, 0.2) is 0 Å². The van der Waals surface area contributed by atoms with Gasteiger partial charge in [0.2, 0.25) is 0 Å². The van der Waals surface area contributed by atoms with E-state index in [2.05, 4.69) is 0 Å². The van der Waals surface area contributed by atoms with E-state index >= 15 is 0 Å². The van der Waals surface area contributed by atoms with Gasteiger partial charge in [0.25, 0.3) is 0 Å². The summed E-state index contributed by atoms with van der Waals surface area (Å²) in [6.07, 6.45) is -1.24. The lowest BCUT2D eigenvalue weighted by atomic mass is 10.2. The molecular weight excluding hydrogens is 210 g/mol. The Morgan fingerprint density at radius 3 is 2.50 bits per heavy atom. The maximum atomic E-state index is 11.0. The third-order valence-electron chi connectivity index (χ3n) is 1.90. The van der Waals surface area contributed by atoms with E-state index in [0.29, 0.717) is 0 Å². The summed E-state index contributed by atoms with van der Waals surface area (Å²) in [5.41, 5.74) is 2.00. The molecule has 1 rings (SSSR count). The quantitative estimate of drug-likeness (QED) is 0.754. The van der Waals surface area contributed by atoms with Gasteiger partial charge in [-0.3, -0.25) is 4.79 Å². The Morgan fingerprint density at radius 2 is 1.94 bits per heavy atom. The number of aryl methyl sites for hydroxylation is 1. The lowest BCUT2D eigenvalue weighted by Gasteiger charge is -2.05. The van der Waals surface area contributed by atoms with Crippen molar-refractivity contribution in [2.24, 2.45) is 0 Å². The fraction of sp³-hybridized carbons (Fsp3) is 0.273. The first-order valence-corrected chi connectivity index (χ1v) is 4.76. The first-order chi connectivity index (χ1) is 7.58. The zero-order valence-corrected chi connectivity index (χ0v) is 8.90. The number of nitrogens with one attached hydrogen (secondary N) is 1. The second kappa shape index (κ2) is 5.75. The molecular formula is C11H13NO4. The first kappa shape index (κ1) is 12.0. The highest BCUT2D eigenvalue weighted by atomic mass is 16.5. The third kappa shape index (κ3) is 4.45. The SMILES string of the molecule is Cc1ccc(COC(=O)CNC(=O)O)cc1. The molecule has 0 aliphatic carbocycles. The van der Waals surface area contributed by atoms with E-state index in [9.17, 15) is 9.59 Å². The van der Waals surface area contributed by atoms with Crippen LogP contribution < -0.4 is 5.32 Å². The standard InChI is InChI=1S/C11H13NO4/c1-8-2-4-9(5-3-8)7-16-10(13)6-12-11(14)15/h2-5,12H,6-7H2,1H3,(H,14,15). The van der Waals surface area contributed by atoms with Crippen LogP contribution in [0.2, 0.25) is 0 Å². The Labute approximate surface area is 93.0 Å². The molecule has 0 unspecified atom stereocenters. The van der Waals surface area contributed by atoms with Gasteiger partial charge in [-0.1, -0.05) is 29.8 Å². The van der Waals surface area contributed by atoms with Crippen LogP contribution in [0.5, 0.6) is 0 Å². The average molecular weight is 223 g/mol. The molecule has 2 N–H and O–H groups in total. The van der Waals surface area contributed by atoms with Crippen molar-refractivity contribution in [3.63, 3.8) is 0 Å². The van der Waals surface area contributed by atoms with Crippen molar-refractivity contribution < 1.29 is 19.4 Å². The molecule has 0 fully saturated rings. The van der Waals surface area contributed by atoms with Crippen LogP contribution in [0.3, 0.4) is 0 Å². The fourth-order valence-corrected chi connectivity index (χ4v) is 1.05. The predicted molar refractivity (Wildman–Crippen MR) is 57.0 cm³/mol. The molecule has 1 aromatic carbocycles. The molecule has 5 nitrogen and oxygen atoms in total. The molecule has 1 amide bonds. The van der Waals surface area contributed by atoms with E-state index < -0.39 is 12.1 Å². The van der Waals surface area contributed by atoms with Crippen LogP contribution in [0.25, 0.3) is 0 Å². The summed E-state index contributed by atoms with van der Waals surface area (Å²) in [5, 5.41) is 10.2. The van der Waals surface area contributed by atoms with E-state index in [4.69, 9.17) is 9.84 Å². The van der Waals surface area contributed by atoms with Crippen molar-refractivity contribution in [3.8, 4) is 0 Å². The summed E-state index contributed by atoms with van der Waals surface area (Å²) in [6, 6.07) is 7.54. The van der Waals surface area contributed by atoms with Gasteiger partial charge in [-0.25, -0.2) is 4.79 Å². The van der Waals surface area contributed by atoms with Crippen LogP contribution in [0.1, 0.15) is 11.1 Å². The highest BCUT2D eigenvalue weighted by Gasteiger charge is 2.04. The van der Waals surface area contributed by atoms with E-state index in [0.717, 1.165) is 11.1 Å². The van der Waals surface area contributed by atoms with Crippen LogP contribution in [-0.2, 0) is 16.1 Å². The van der Waals surface area contributed by atoms with Crippen LogP contribution in [-0.4, -0.2) is 23.7 Å². The number of hydrogen-bond donors (Lipinski definition) is 2. The zero-order valence-electron chi connectivity index (χ0n) is 8.90. The third-order valence-corrected chi connectivity index (χ3v) is 1.90. The highest BCUT2D eigenvalue weighted by Crippen LogP contribution is 2.04. The van der Waals surface area contributed by atoms with Crippen molar-refractivity contribution in [1.29, 1.82) is 0 Å². The molecule has 0 saturated heterocycles. The summed E-state index contributed by atoms with van der Waals surface area (Å²) in [4.78, 5) is 21.1. The molecule has 0 aliphatic rings. The Balaban J connectivity index is 2.31. The van der Waals surface area contributed by atoms with Gasteiger partial charge >= 0.3 is 12.1 Å². The Bertz CT molecular complexity index is 372. The van der Waals surface area contributed by atoms with Gasteiger partial charge in [-0.2, -0.15) is 0 Å². The normalized spacial score (nSPS) is 9.56. The maximum Gasteiger partial charge on any atom is 0.405 e. The van der Waals surface area contributed by atoms with Gasteiger partial charge < -0.3 is 15.2 Å². The van der Waals surface area contributed by atoms with Crippen molar-refractivity contribution in [3.05, 3.63) is 35.4 Å². The first-order valence-electron chi connectivity index (χ1n) is 4.76. The molecule has 1 aromatic rings. The minimum Gasteiger partial charge on any atom is -0.465 e. The lowest BCUT2D eigenvalue weighted by molar-refractivity contribution is -0.143. The van der Waals surface area contributed by atoms with Gasteiger partial charge in [0.1, 0.15) is 13.2 Å². The summed E-state index contributed by atoms with van der Waals surface area (Å²) in [5.74, 6) is -0.594. The Hall–Kier alpha value is -2.04.